The topological polar surface area (TPSA) is 63.0 Å². The molecule has 1 aliphatic heterocycles. The van der Waals surface area contributed by atoms with Crippen molar-refractivity contribution in [2.45, 2.75) is 6.92 Å². The van der Waals surface area contributed by atoms with E-state index in [9.17, 15) is 0 Å². The molecule has 1 fully saturated rings. The van der Waals surface area contributed by atoms with Crippen LogP contribution >= 0.6 is 0 Å². The Morgan fingerprint density at radius 1 is 0.957 bits per heavy atom. The number of rotatable bonds is 2. The van der Waals surface area contributed by atoms with E-state index in [0.29, 0.717) is 0 Å². The van der Waals surface area contributed by atoms with E-state index < -0.39 is 0 Å². The minimum atomic E-state index is 0.910. The van der Waals surface area contributed by atoms with Crippen molar-refractivity contribution in [3.05, 3.63) is 36.4 Å². The van der Waals surface area contributed by atoms with Crippen LogP contribution < -0.4 is 9.80 Å². The van der Waals surface area contributed by atoms with Gasteiger partial charge in [-0.1, -0.05) is 6.07 Å². The Balaban J connectivity index is 1.60. The Kier molecular flexibility index (Phi) is 3.33. The quantitative estimate of drug-likeness (QED) is 0.713. The fourth-order valence-corrected chi connectivity index (χ4v) is 3.17. The van der Waals surface area contributed by atoms with Crippen LogP contribution in [0.5, 0.6) is 0 Å². The maximum Gasteiger partial charge on any atom is 0.158 e. The van der Waals surface area contributed by atoms with E-state index in [1.807, 2.05) is 37.0 Å². The fraction of sp³-hybridized carbons (Fsp3) is 0.375. The van der Waals surface area contributed by atoms with Crippen LogP contribution in [0.1, 0.15) is 5.69 Å². The van der Waals surface area contributed by atoms with Crippen molar-refractivity contribution in [2.24, 2.45) is 7.05 Å². The second-order valence-electron chi connectivity index (χ2n) is 5.77. The van der Waals surface area contributed by atoms with Gasteiger partial charge < -0.3 is 9.80 Å². The lowest BCUT2D eigenvalue weighted by Gasteiger charge is -2.36. The number of piperazine rings is 1. The molecule has 0 radical (unpaired) electrons. The highest BCUT2D eigenvalue weighted by atomic mass is 15.3. The third kappa shape index (κ3) is 2.38. The van der Waals surface area contributed by atoms with Crippen molar-refractivity contribution < 1.29 is 0 Å². The van der Waals surface area contributed by atoms with Crippen molar-refractivity contribution in [1.82, 2.24) is 24.7 Å². The van der Waals surface area contributed by atoms with E-state index in [0.717, 1.165) is 54.5 Å². The van der Waals surface area contributed by atoms with Crippen molar-refractivity contribution in [3.8, 4) is 0 Å². The lowest BCUT2D eigenvalue weighted by Crippen LogP contribution is -2.47. The molecular weight excluding hydrogens is 290 g/mol. The molecule has 0 spiro atoms. The highest BCUT2D eigenvalue weighted by Gasteiger charge is 2.22. The molecule has 23 heavy (non-hydrogen) atoms. The summed E-state index contributed by atoms with van der Waals surface area (Å²) in [5, 5.41) is 4.48. The van der Waals surface area contributed by atoms with Crippen LogP contribution in [0, 0.1) is 6.92 Å². The van der Waals surface area contributed by atoms with Crippen LogP contribution in [0.3, 0.4) is 0 Å². The van der Waals surface area contributed by atoms with E-state index in [-0.39, 0.29) is 0 Å². The minimum Gasteiger partial charge on any atom is -0.353 e. The van der Waals surface area contributed by atoms with Gasteiger partial charge in [0.25, 0.3) is 0 Å². The van der Waals surface area contributed by atoms with Gasteiger partial charge in [-0.3, -0.25) is 4.68 Å². The van der Waals surface area contributed by atoms with Crippen LogP contribution in [-0.4, -0.2) is 50.9 Å². The maximum absolute atomic E-state index is 4.52. The molecule has 0 atom stereocenters. The molecule has 118 valence electrons. The summed E-state index contributed by atoms with van der Waals surface area (Å²) in [6.45, 7) is 5.66. The van der Waals surface area contributed by atoms with E-state index in [1.165, 1.54) is 0 Å². The first kappa shape index (κ1) is 13.9. The summed E-state index contributed by atoms with van der Waals surface area (Å²) in [5.41, 5.74) is 2.89. The van der Waals surface area contributed by atoms with Gasteiger partial charge in [-0.25, -0.2) is 15.0 Å². The predicted octanol–water partition coefficient (Wildman–Crippen LogP) is 1.39. The smallest absolute Gasteiger partial charge is 0.158 e. The molecule has 0 N–H and O–H groups in total. The molecule has 7 nitrogen and oxygen atoms in total. The van der Waals surface area contributed by atoms with Gasteiger partial charge in [0.1, 0.15) is 23.2 Å². The zero-order chi connectivity index (χ0) is 15.8. The van der Waals surface area contributed by atoms with Gasteiger partial charge in [-0.15, -0.1) is 0 Å². The number of anilines is 2. The second kappa shape index (κ2) is 5.49. The molecule has 0 bridgehead atoms. The molecule has 0 unspecified atom stereocenters. The molecule has 1 saturated heterocycles. The largest absolute Gasteiger partial charge is 0.353 e. The highest BCUT2D eigenvalue weighted by Crippen LogP contribution is 2.25. The average molecular weight is 309 g/mol. The van der Waals surface area contributed by atoms with Gasteiger partial charge in [0.05, 0.1) is 5.69 Å². The monoisotopic (exact) mass is 309 g/mol. The van der Waals surface area contributed by atoms with Gasteiger partial charge in [-0.2, -0.15) is 5.10 Å². The van der Waals surface area contributed by atoms with Crippen molar-refractivity contribution in [1.29, 1.82) is 0 Å². The van der Waals surface area contributed by atoms with Gasteiger partial charge in [0, 0.05) is 39.4 Å². The molecule has 3 aromatic rings. The molecule has 4 heterocycles. The third-order valence-corrected chi connectivity index (χ3v) is 4.32. The summed E-state index contributed by atoms with van der Waals surface area (Å²) in [5.74, 6) is 2.01. The number of aryl methyl sites for hydroxylation is 2. The van der Waals surface area contributed by atoms with E-state index in [2.05, 4.69) is 35.9 Å². The highest BCUT2D eigenvalue weighted by molar-refractivity contribution is 5.87. The Morgan fingerprint density at radius 2 is 1.74 bits per heavy atom. The molecule has 0 aliphatic carbocycles. The Hall–Kier alpha value is -2.70. The standard InChI is InChI=1S/C16H19N7/c1-12-14-15(21(2)20-12)16(19-11-18-14)23-9-7-22(8-10-23)13-5-3-4-6-17-13/h3-6,11H,7-10H2,1-2H3. The summed E-state index contributed by atoms with van der Waals surface area (Å²) >= 11 is 0. The van der Waals surface area contributed by atoms with Gasteiger partial charge >= 0.3 is 0 Å². The van der Waals surface area contributed by atoms with Crippen molar-refractivity contribution >= 4 is 22.7 Å². The summed E-state index contributed by atoms with van der Waals surface area (Å²) in [7, 11) is 1.95. The number of pyridine rings is 1. The number of hydrogen-bond donors (Lipinski definition) is 0. The van der Waals surface area contributed by atoms with E-state index in [4.69, 9.17) is 0 Å². The van der Waals surface area contributed by atoms with E-state index >= 15 is 0 Å². The Labute approximate surface area is 134 Å². The predicted molar refractivity (Wildman–Crippen MR) is 89.7 cm³/mol. The second-order valence-corrected chi connectivity index (χ2v) is 5.77. The molecule has 7 heteroatoms. The average Bonchev–Trinajstić information content (AvgIpc) is 2.90. The molecule has 1 aliphatic rings. The van der Waals surface area contributed by atoms with Gasteiger partial charge in [-0.05, 0) is 19.1 Å². The normalized spacial score (nSPS) is 15.4. The summed E-state index contributed by atoms with van der Waals surface area (Å²) in [6.07, 6.45) is 3.48. The van der Waals surface area contributed by atoms with Crippen LogP contribution in [0.4, 0.5) is 11.6 Å². The van der Waals surface area contributed by atoms with Crippen molar-refractivity contribution in [3.63, 3.8) is 0 Å². The minimum absolute atomic E-state index is 0.910. The molecule has 4 rings (SSSR count). The van der Waals surface area contributed by atoms with Crippen LogP contribution in [-0.2, 0) is 7.05 Å². The molecule has 0 amide bonds. The third-order valence-electron chi connectivity index (χ3n) is 4.32. The zero-order valence-electron chi connectivity index (χ0n) is 13.3. The zero-order valence-corrected chi connectivity index (χ0v) is 13.3. The SMILES string of the molecule is Cc1nn(C)c2c(N3CCN(c4ccccn4)CC3)ncnc12. The first-order chi connectivity index (χ1) is 11.2. The summed E-state index contributed by atoms with van der Waals surface area (Å²) in [4.78, 5) is 18.0. The summed E-state index contributed by atoms with van der Waals surface area (Å²) < 4.78 is 1.88. The van der Waals surface area contributed by atoms with Crippen LogP contribution in [0.25, 0.3) is 11.0 Å². The van der Waals surface area contributed by atoms with Gasteiger partial charge in [0.2, 0.25) is 0 Å². The molecule has 0 aromatic carbocycles. The maximum atomic E-state index is 4.52. The van der Waals surface area contributed by atoms with Crippen molar-refractivity contribution in [2.75, 3.05) is 36.0 Å². The first-order valence-corrected chi connectivity index (χ1v) is 7.79. The van der Waals surface area contributed by atoms with Crippen LogP contribution in [0.2, 0.25) is 0 Å². The summed E-state index contributed by atoms with van der Waals surface area (Å²) in [6, 6.07) is 6.03. The molecule has 0 saturated carbocycles. The van der Waals surface area contributed by atoms with Crippen LogP contribution in [0.15, 0.2) is 30.7 Å². The number of fused-ring (bicyclic) bond motifs is 1. The fourth-order valence-electron chi connectivity index (χ4n) is 3.17. The lowest BCUT2D eigenvalue weighted by molar-refractivity contribution is 0.641. The Morgan fingerprint density at radius 3 is 2.48 bits per heavy atom. The number of aromatic nitrogens is 5. The number of hydrogen-bond acceptors (Lipinski definition) is 6. The lowest BCUT2D eigenvalue weighted by atomic mass is 10.2. The molecule has 3 aromatic heterocycles. The van der Waals surface area contributed by atoms with E-state index in [1.54, 1.807) is 6.33 Å². The number of nitrogens with zero attached hydrogens (tertiary/aromatic N) is 7. The first-order valence-electron chi connectivity index (χ1n) is 7.79. The molecular formula is C16H19N7. The Bertz CT molecular complexity index is 819. The van der Waals surface area contributed by atoms with Gasteiger partial charge in [0.15, 0.2) is 5.82 Å².